The molecule has 0 aromatic rings. The van der Waals surface area contributed by atoms with Crippen LogP contribution in [0.5, 0.6) is 0 Å². The van der Waals surface area contributed by atoms with E-state index in [1.165, 1.54) is 5.32 Å². The zero-order valence-electron chi connectivity index (χ0n) is 15.4. The standard InChI is InChI=1S/C6H12N2O/c1-6(9)8-4-2-7-3-5-8/h7H,2-5H2,1H3/i1D3,2D2,3D2,4D2,5D2. The Morgan fingerprint density at radius 1 is 1.78 bits per heavy atom. The fraction of sp³-hybridized carbons (Fsp3) is 0.833. The number of nitrogens with one attached hydrogen (secondary N) is 1. The molecular formula is C6H12N2O. The van der Waals surface area contributed by atoms with E-state index >= 15 is 0 Å². The molecule has 0 radical (unpaired) electrons. The normalized spacial score (nSPS) is 61.8. The Balaban J connectivity index is 3.52. The zero-order chi connectivity index (χ0) is 16.4. The van der Waals surface area contributed by atoms with Crippen LogP contribution < -0.4 is 5.32 Å². The van der Waals surface area contributed by atoms with Crippen LogP contribution in [-0.2, 0) is 4.79 Å². The summed E-state index contributed by atoms with van der Waals surface area (Å²) in [4.78, 5) is 11.2. The Labute approximate surface area is 70.5 Å². The molecule has 0 bridgehead atoms. The summed E-state index contributed by atoms with van der Waals surface area (Å²) in [6.45, 7) is -16.6. The third-order valence-corrected chi connectivity index (χ3v) is 0.664. The van der Waals surface area contributed by atoms with Crippen LogP contribution in [0, 0.1) is 0 Å². The minimum Gasteiger partial charge on any atom is -0.340 e. The predicted molar refractivity (Wildman–Crippen MR) is 35.1 cm³/mol. The first-order chi connectivity index (χ1) is 8.48. The van der Waals surface area contributed by atoms with Crippen molar-refractivity contribution in [2.24, 2.45) is 0 Å². The van der Waals surface area contributed by atoms with Gasteiger partial charge in [-0.3, -0.25) is 4.79 Å². The molecule has 0 aliphatic carbocycles. The summed E-state index contributed by atoms with van der Waals surface area (Å²) in [5.41, 5.74) is 0. The number of amides is 1. The summed E-state index contributed by atoms with van der Waals surface area (Å²) < 4.78 is 80.4. The third-order valence-electron chi connectivity index (χ3n) is 0.664. The summed E-state index contributed by atoms with van der Waals surface area (Å²) in [5.74, 6) is -2.01. The van der Waals surface area contributed by atoms with Crippen molar-refractivity contribution < 1.29 is 19.9 Å². The van der Waals surface area contributed by atoms with E-state index in [0.717, 1.165) is 0 Å². The Hall–Kier alpha value is -0.570. The van der Waals surface area contributed by atoms with Gasteiger partial charge >= 0.3 is 0 Å². The molecule has 0 aromatic heterocycles. The van der Waals surface area contributed by atoms with Crippen LogP contribution in [0.25, 0.3) is 0 Å². The minimum atomic E-state index is -3.44. The molecule has 1 aliphatic heterocycles. The van der Waals surface area contributed by atoms with Crippen molar-refractivity contribution >= 4 is 5.91 Å². The van der Waals surface area contributed by atoms with E-state index in [9.17, 15) is 4.79 Å². The van der Waals surface area contributed by atoms with Gasteiger partial charge in [0.15, 0.2) is 0 Å². The number of nitrogens with zero attached hydrogens (tertiary/aromatic N) is 1. The lowest BCUT2D eigenvalue weighted by Gasteiger charge is -2.25. The summed E-state index contributed by atoms with van der Waals surface area (Å²) in [5, 5.41) is 1.49. The predicted octanol–water partition coefficient (Wildman–Crippen LogP) is -0.562. The maximum absolute atomic E-state index is 11.7. The molecule has 0 saturated carbocycles. The Morgan fingerprint density at radius 2 is 2.44 bits per heavy atom. The molecule has 1 rings (SSSR count). The van der Waals surface area contributed by atoms with Gasteiger partial charge in [0.25, 0.3) is 0 Å². The first-order valence-corrected chi connectivity index (χ1v) is 2.12. The molecule has 52 valence electrons. The highest BCUT2D eigenvalue weighted by molar-refractivity contribution is 5.73. The van der Waals surface area contributed by atoms with Gasteiger partial charge in [0.05, 0.1) is 5.48 Å². The third kappa shape index (κ3) is 1.68. The van der Waals surface area contributed by atoms with Gasteiger partial charge in [-0.2, -0.15) is 0 Å². The number of hydrogen-bond donors (Lipinski definition) is 1. The lowest BCUT2D eigenvalue weighted by molar-refractivity contribution is -0.129. The number of rotatable bonds is 0. The monoisotopic (exact) mass is 139 g/mol. The highest BCUT2D eigenvalue weighted by Gasteiger charge is 2.10. The number of hydrogen-bond acceptors (Lipinski definition) is 2. The lowest BCUT2D eigenvalue weighted by Crippen LogP contribution is -2.45. The number of carbonyl (C=O) groups is 1. The van der Waals surface area contributed by atoms with Crippen LogP contribution in [0.2, 0.25) is 0 Å². The topological polar surface area (TPSA) is 32.3 Å². The Bertz CT molecular complexity index is 401. The van der Waals surface area contributed by atoms with Crippen LogP contribution >= 0.6 is 0 Å². The molecule has 0 atom stereocenters. The molecule has 0 spiro atoms. The van der Waals surface area contributed by atoms with E-state index in [1.807, 2.05) is 0 Å². The highest BCUT2D eigenvalue weighted by atomic mass is 16.2. The van der Waals surface area contributed by atoms with Crippen molar-refractivity contribution in [1.29, 1.82) is 0 Å². The number of carbonyl (C=O) groups excluding carboxylic acids is 1. The Kier molecular flexibility index (Phi) is 0.387. The second kappa shape index (κ2) is 2.82. The van der Waals surface area contributed by atoms with Gasteiger partial charge in [0, 0.05) is 42.4 Å². The first kappa shape index (κ1) is 1.23. The SMILES string of the molecule is [2H]C([2H])([2H])C(=O)N1C([2H])([2H])C([2H])([2H])NC([2H])([2H])C1([2H])[2H]. The average Bonchev–Trinajstić information content (AvgIpc) is 2.11. The Morgan fingerprint density at radius 3 is 3.00 bits per heavy atom. The molecule has 0 aromatic carbocycles. The van der Waals surface area contributed by atoms with Crippen molar-refractivity contribution in [2.45, 2.75) is 6.85 Å². The van der Waals surface area contributed by atoms with Crippen LogP contribution in [-0.4, -0.2) is 36.8 Å². The maximum atomic E-state index is 11.7. The van der Waals surface area contributed by atoms with Gasteiger partial charge in [0.2, 0.25) is 5.91 Å². The molecule has 1 heterocycles. The quantitative estimate of drug-likeness (QED) is 0.488. The van der Waals surface area contributed by atoms with E-state index < -0.39 is 43.6 Å². The minimum absolute atomic E-state index is 0.524. The molecule has 1 amide bonds. The van der Waals surface area contributed by atoms with Crippen LogP contribution in [0.1, 0.15) is 21.9 Å². The van der Waals surface area contributed by atoms with E-state index in [0.29, 0.717) is 0 Å². The van der Waals surface area contributed by atoms with Crippen molar-refractivity contribution in [3.63, 3.8) is 0 Å². The largest absolute Gasteiger partial charge is 0.340 e. The molecule has 0 unspecified atom stereocenters. The second-order valence-electron chi connectivity index (χ2n) is 1.24. The van der Waals surface area contributed by atoms with Gasteiger partial charge in [-0.05, 0) is 0 Å². The van der Waals surface area contributed by atoms with Crippen LogP contribution in [0.4, 0.5) is 0 Å². The van der Waals surface area contributed by atoms with E-state index in [-0.39, 0.29) is 0 Å². The highest BCUT2D eigenvalue weighted by Crippen LogP contribution is 1.90. The van der Waals surface area contributed by atoms with Gasteiger partial charge in [-0.25, -0.2) is 0 Å². The van der Waals surface area contributed by atoms with Crippen LogP contribution in [0.15, 0.2) is 0 Å². The molecule has 3 nitrogen and oxygen atoms in total. The van der Waals surface area contributed by atoms with Gasteiger partial charge in [-0.15, -0.1) is 0 Å². The molecule has 1 N–H and O–H groups in total. The summed E-state index contributed by atoms with van der Waals surface area (Å²) in [7, 11) is 0. The van der Waals surface area contributed by atoms with E-state index in [1.54, 1.807) is 0 Å². The first-order valence-electron chi connectivity index (χ1n) is 7.62. The van der Waals surface area contributed by atoms with E-state index in [2.05, 4.69) is 0 Å². The van der Waals surface area contributed by atoms with Crippen molar-refractivity contribution in [3.05, 3.63) is 0 Å². The fourth-order valence-corrected chi connectivity index (χ4v) is 0.328. The van der Waals surface area contributed by atoms with Gasteiger partial charge in [0.1, 0.15) is 0 Å². The second-order valence-corrected chi connectivity index (χ2v) is 1.24. The average molecular weight is 139 g/mol. The molecule has 1 aliphatic rings. The fourth-order valence-electron chi connectivity index (χ4n) is 0.328. The molecule has 1 saturated heterocycles. The van der Waals surface area contributed by atoms with Crippen molar-refractivity contribution in [1.82, 2.24) is 10.2 Å². The van der Waals surface area contributed by atoms with Gasteiger partial charge in [-0.1, -0.05) is 0 Å². The van der Waals surface area contributed by atoms with Crippen molar-refractivity contribution in [2.75, 3.05) is 26.0 Å². The lowest BCUT2D eigenvalue weighted by atomic mass is 10.4. The maximum Gasteiger partial charge on any atom is 0.219 e. The summed E-state index contributed by atoms with van der Waals surface area (Å²) >= 11 is 0. The van der Waals surface area contributed by atoms with Crippen LogP contribution in [0.3, 0.4) is 0 Å². The molecule has 1 fully saturated rings. The summed E-state index contributed by atoms with van der Waals surface area (Å²) in [6, 6.07) is 0. The molecule has 9 heavy (non-hydrogen) atoms. The smallest absolute Gasteiger partial charge is 0.219 e. The summed E-state index contributed by atoms with van der Waals surface area (Å²) in [6.07, 6.45) is 0. The van der Waals surface area contributed by atoms with Gasteiger partial charge < -0.3 is 10.2 Å². The molecule has 3 heteroatoms. The molecular weight excluding hydrogens is 116 g/mol. The zero-order valence-corrected chi connectivity index (χ0v) is 4.36. The number of piperazine rings is 1. The van der Waals surface area contributed by atoms with E-state index in [4.69, 9.17) is 15.1 Å². The van der Waals surface area contributed by atoms with Crippen molar-refractivity contribution in [3.8, 4) is 0 Å².